The van der Waals surface area contributed by atoms with E-state index in [9.17, 15) is 0 Å². The fraction of sp³-hybridized carbons (Fsp3) is 0.368. The molecule has 0 radical (unpaired) electrons. The molecule has 212 valence electrons. The first-order chi connectivity index (χ1) is 19.6. The highest BCUT2D eigenvalue weighted by molar-refractivity contribution is 5.38. The molecule has 3 rings (SSSR count). The summed E-state index contributed by atoms with van der Waals surface area (Å²) in [5.41, 5.74) is 7.96. The Hall–Kier alpha value is -3.52. The molecule has 2 aliphatic rings. The largest absolute Gasteiger partial charge is 0.465 e. The zero-order valence-corrected chi connectivity index (χ0v) is 25.4. The summed E-state index contributed by atoms with van der Waals surface area (Å²) in [6.45, 7) is 11.0. The van der Waals surface area contributed by atoms with Crippen LogP contribution in [0.3, 0.4) is 0 Å². The Morgan fingerprint density at radius 3 is 2.48 bits per heavy atom. The second-order valence-corrected chi connectivity index (χ2v) is 10.4. The van der Waals surface area contributed by atoms with Crippen molar-refractivity contribution in [3.05, 3.63) is 137 Å². The summed E-state index contributed by atoms with van der Waals surface area (Å²) in [4.78, 5) is 2.49. The van der Waals surface area contributed by atoms with Crippen molar-refractivity contribution in [1.29, 1.82) is 0 Å². The van der Waals surface area contributed by atoms with Crippen LogP contribution in [-0.4, -0.2) is 4.90 Å². The summed E-state index contributed by atoms with van der Waals surface area (Å²) in [5, 5.41) is 0. The number of allylic oxidation sites excluding steroid dienone is 14. The molecule has 1 aromatic carbocycles. The average Bonchev–Trinajstić information content (AvgIpc) is 3.18. The number of rotatable bonds is 13. The number of hydrogen-bond donors (Lipinski definition) is 0. The van der Waals surface area contributed by atoms with Crippen molar-refractivity contribution in [2.24, 2.45) is 0 Å². The van der Waals surface area contributed by atoms with Gasteiger partial charge in [-0.15, -0.1) is 0 Å². The average molecular weight is 536 g/mol. The molecule has 1 aromatic rings. The highest BCUT2D eigenvalue weighted by atomic mass is 16.5. The van der Waals surface area contributed by atoms with Gasteiger partial charge in [-0.25, -0.2) is 0 Å². The Kier molecular flexibility index (Phi) is 13.4. The summed E-state index contributed by atoms with van der Waals surface area (Å²) in [5.74, 6) is 1.26. The molecule has 0 spiro atoms. The molecular formula is C38H49NO. The molecule has 0 heterocycles. The first kappa shape index (κ1) is 31.0. The maximum absolute atomic E-state index is 5.75. The van der Waals surface area contributed by atoms with Crippen LogP contribution in [0.4, 0.5) is 0 Å². The minimum absolute atomic E-state index is 0.376. The Morgan fingerprint density at radius 1 is 0.950 bits per heavy atom. The number of benzene rings is 1. The van der Waals surface area contributed by atoms with E-state index in [1.165, 1.54) is 33.8 Å². The van der Waals surface area contributed by atoms with Gasteiger partial charge < -0.3 is 9.64 Å². The third-order valence-electron chi connectivity index (χ3n) is 7.45. The molecule has 2 nitrogen and oxygen atoms in total. The maximum Gasteiger partial charge on any atom is 0.126 e. The molecule has 0 fully saturated rings. The molecule has 0 aromatic heterocycles. The standard InChI is InChI=1S/C38H49NO/c1-6-10-11-30-40-38-28-25-34(26-29-38)33(8-3)19-15-20-35(9-4)39(37-21-12-16-31(5)24-27-37)36-22-13-17-32(7-2)18-14-23-36/h9,11,13,15-19,21,23-30,33H,6-8,10,12,14,20,22H2,1-5H3/b17-13-,19-15-,30-11+,32-18-,35-9+,36-23+. The lowest BCUT2D eigenvalue weighted by molar-refractivity contribution is 0.478. The van der Waals surface area contributed by atoms with Crippen LogP contribution in [0, 0.1) is 0 Å². The Bertz CT molecular complexity index is 1210. The van der Waals surface area contributed by atoms with Gasteiger partial charge in [0.25, 0.3) is 0 Å². The second kappa shape index (κ2) is 17.2. The topological polar surface area (TPSA) is 12.5 Å². The first-order valence-electron chi connectivity index (χ1n) is 15.2. The normalized spacial score (nSPS) is 20.5. The van der Waals surface area contributed by atoms with E-state index < -0.39 is 0 Å². The number of nitrogens with zero attached hydrogens (tertiary/aromatic N) is 1. The van der Waals surface area contributed by atoms with Crippen LogP contribution in [0.5, 0.6) is 5.75 Å². The van der Waals surface area contributed by atoms with Gasteiger partial charge in [0.2, 0.25) is 0 Å². The third kappa shape index (κ3) is 9.59. The molecule has 0 bridgehead atoms. The quantitative estimate of drug-likeness (QED) is 0.184. The number of ether oxygens (including phenoxy) is 1. The van der Waals surface area contributed by atoms with E-state index >= 15 is 0 Å². The molecule has 40 heavy (non-hydrogen) atoms. The molecule has 0 saturated heterocycles. The molecule has 0 amide bonds. The predicted molar refractivity (Wildman–Crippen MR) is 174 cm³/mol. The van der Waals surface area contributed by atoms with Crippen molar-refractivity contribution in [2.75, 3.05) is 0 Å². The number of unbranched alkanes of at least 4 members (excludes halogenated alkanes) is 1. The van der Waals surface area contributed by atoms with Crippen molar-refractivity contribution in [1.82, 2.24) is 4.90 Å². The zero-order valence-electron chi connectivity index (χ0n) is 25.4. The van der Waals surface area contributed by atoms with Crippen molar-refractivity contribution in [3.8, 4) is 5.75 Å². The van der Waals surface area contributed by atoms with E-state index in [-0.39, 0.29) is 0 Å². The van der Waals surface area contributed by atoms with Crippen molar-refractivity contribution < 1.29 is 4.74 Å². The molecule has 0 N–H and O–H groups in total. The SMILES string of the molecule is C/C=C(\C/C=C\C(CC)c1ccc(O/C=C/CCC)cc1)N(C1=CCC=C(C)C=C1)/C1=C/C/C=C(CC)\C=C/C1. The summed E-state index contributed by atoms with van der Waals surface area (Å²) < 4.78 is 5.75. The van der Waals surface area contributed by atoms with E-state index in [0.29, 0.717) is 5.92 Å². The molecule has 0 aliphatic heterocycles. The van der Waals surface area contributed by atoms with E-state index in [1.54, 1.807) is 6.26 Å². The van der Waals surface area contributed by atoms with Gasteiger partial charge in [-0.05, 0) is 75.8 Å². The highest BCUT2D eigenvalue weighted by Crippen LogP contribution is 2.31. The predicted octanol–water partition coefficient (Wildman–Crippen LogP) is 11.4. The number of hydrogen-bond acceptors (Lipinski definition) is 2. The van der Waals surface area contributed by atoms with Crippen molar-refractivity contribution in [3.63, 3.8) is 0 Å². The summed E-state index contributed by atoms with van der Waals surface area (Å²) >= 11 is 0. The van der Waals surface area contributed by atoms with Gasteiger partial charge in [0.15, 0.2) is 0 Å². The summed E-state index contributed by atoms with van der Waals surface area (Å²) in [7, 11) is 0. The Labute approximate surface area is 244 Å². The molecule has 2 aliphatic carbocycles. The van der Waals surface area contributed by atoms with Crippen LogP contribution in [0.25, 0.3) is 0 Å². The zero-order chi connectivity index (χ0) is 28.6. The Balaban J connectivity index is 1.79. The molecular weight excluding hydrogens is 486 g/mol. The van der Waals surface area contributed by atoms with Crippen LogP contribution < -0.4 is 4.74 Å². The van der Waals surface area contributed by atoms with Gasteiger partial charge in [-0.1, -0.05) is 111 Å². The first-order valence-corrected chi connectivity index (χ1v) is 15.2. The molecule has 0 saturated carbocycles. The van der Waals surface area contributed by atoms with Crippen LogP contribution in [0.1, 0.15) is 97.5 Å². The minimum Gasteiger partial charge on any atom is -0.465 e. The highest BCUT2D eigenvalue weighted by Gasteiger charge is 2.17. The Morgan fingerprint density at radius 2 is 1.75 bits per heavy atom. The smallest absolute Gasteiger partial charge is 0.126 e. The van der Waals surface area contributed by atoms with Crippen LogP contribution in [-0.2, 0) is 0 Å². The van der Waals surface area contributed by atoms with Crippen molar-refractivity contribution >= 4 is 0 Å². The van der Waals surface area contributed by atoms with Crippen molar-refractivity contribution in [2.45, 2.75) is 91.9 Å². The maximum atomic E-state index is 5.75. The fourth-order valence-corrected chi connectivity index (χ4v) is 5.00. The van der Waals surface area contributed by atoms with Gasteiger partial charge in [0.05, 0.1) is 6.26 Å². The minimum atomic E-state index is 0.376. The molecule has 2 heteroatoms. The van der Waals surface area contributed by atoms with E-state index in [1.807, 2.05) is 0 Å². The van der Waals surface area contributed by atoms with Gasteiger partial charge in [-0.2, -0.15) is 0 Å². The molecule has 1 atom stereocenters. The second-order valence-electron chi connectivity index (χ2n) is 10.4. The summed E-state index contributed by atoms with van der Waals surface area (Å²) in [6, 6.07) is 8.56. The lowest BCUT2D eigenvalue weighted by atomic mass is 9.95. The van der Waals surface area contributed by atoms with Gasteiger partial charge in [-0.3, -0.25) is 0 Å². The van der Waals surface area contributed by atoms with Gasteiger partial charge >= 0.3 is 0 Å². The third-order valence-corrected chi connectivity index (χ3v) is 7.45. The van der Waals surface area contributed by atoms with Gasteiger partial charge in [0.1, 0.15) is 5.75 Å². The van der Waals surface area contributed by atoms with E-state index in [2.05, 4.69) is 137 Å². The lowest BCUT2D eigenvalue weighted by Crippen LogP contribution is -2.21. The van der Waals surface area contributed by atoms with E-state index in [0.717, 1.165) is 57.1 Å². The van der Waals surface area contributed by atoms with Crippen LogP contribution in [0.2, 0.25) is 0 Å². The van der Waals surface area contributed by atoms with Gasteiger partial charge in [0, 0.05) is 35.9 Å². The monoisotopic (exact) mass is 535 g/mol. The van der Waals surface area contributed by atoms with Crippen LogP contribution in [0.15, 0.2) is 132 Å². The fourth-order valence-electron chi connectivity index (χ4n) is 5.00. The van der Waals surface area contributed by atoms with E-state index in [4.69, 9.17) is 4.74 Å². The lowest BCUT2D eigenvalue weighted by Gasteiger charge is -2.31. The molecule has 1 unspecified atom stereocenters. The summed E-state index contributed by atoms with van der Waals surface area (Å²) in [6.07, 6.45) is 37.5. The van der Waals surface area contributed by atoms with Crippen LogP contribution >= 0.6 is 0 Å².